The second-order valence-electron chi connectivity index (χ2n) is 5.25. The number of aromatic nitrogens is 1. The molecule has 1 fully saturated rings. The highest BCUT2D eigenvalue weighted by atomic mass is 16.3. The summed E-state index contributed by atoms with van der Waals surface area (Å²) in [7, 11) is 0. The molecule has 0 spiro atoms. The zero-order valence-electron chi connectivity index (χ0n) is 10.8. The van der Waals surface area contributed by atoms with E-state index in [0.29, 0.717) is 11.7 Å². The highest BCUT2D eigenvalue weighted by Crippen LogP contribution is 2.28. The molecule has 0 amide bonds. The Morgan fingerprint density at radius 1 is 1.16 bits per heavy atom. The van der Waals surface area contributed by atoms with E-state index in [2.05, 4.69) is 10.3 Å². The molecule has 4 nitrogen and oxygen atoms in total. The van der Waals surface area contributed by atoms with Crippen LogP contribution in [0.1, 0.15) is 25.7 Å². The fraction of sp³-hybridized carbons (Fsp3) is 0.400. The first-order valence-corrected chi connectivity index (χ1v) is 6.82. The van der Waals surface area contributed by atoms with E-state index in [0.717, 1.165) is 42.3 Å². The highest BCUT2D eigenvalue weighted by Gasteiger charge is 2.19. The number of para-hydroxylation sites is 1. The molecule has 19 heavy (non-hydrogen) atoms. The molecule has 4 N–H and O–H groups in total. The SMILES string of the molecule is Nc1cccc2c(NC3CCC(O)CC3)ccnc12. The smallest absolute Gasteiger partial charge is 0.0951 e. The number of hydrogen-bond acceptors (Lipinski definition) is 4. The van der Waals surface area contributed by atoms with Crippen molar-refractivity contribution in [1.29, 1.82) is 0 Å². The quantitative estimate of drug-likeness (QED) is 0.723. The Kier molecular flexibility index (Phi) is 3.25. The maximum absolute atomic E-state index is 9.55. The topological polar surface area (TPSA) is 71.2 Å². The van der Waals surface area contributed by atoms with Gasteiger partial charge in [-0.15, -0.1) is 0 Å². The molecule has 100 valence electrons. The predicted octanol–water partition coefficient (Wildman–Crippen LogP) is 2.53. The Bertz CT molecular complexity index is 577. The van der Waals surface area contributed by atoms with Crippen molar-refractivity contribution < 1.29 is 5.11 Å². The summed E-state index contributed by atoms with van der Waals surface area (Å²) >= 11 is 0. The second-order valence-corrected chi connectivity index (χ2v) is 5.25. The second kappa shape index (κ2) is 5.05. The summed E-state index contributed by atoms with van der Waals surface area (Å²) in [6, 6.07) is 8.28. The van der Waals surface area contributed by atoms with Crippen LogP contribution >= 0.6 is 0 Å². The first-order valence-electron chi connectivity index (χ1n) is 6.82. The molecular weight excluding hydrogens is 238 g/mol. The lowest BCUT2D eigenvalue weighted by atomic mass is 9.93. The van der Waals surface area contributed by atoms with Crippen LogP contribution in [0, 0.1) is 0 Å². The molecule has 1 aliphatic rings. The maximum atomic E-state index is 9.55. The normalized spacial score (nSPS) is 23.4. The summed E-state index contributed by atoms with van der Waals surface area (Å²) in [5.41, 5.74) is 8.59. The third-order valence-electron chi connectivity index (χ3n) is 3.86. The molecule has 1 saturated carbocycles. The van der Waals surface area contributed by atoms with Gasteiger partial charge in [-0.05, 0) is 37.8 Å². The van der Waals surface area contributed by atoms with Crippen LogP contribution < -0.4 is 11.1 Å². The average Bonchev–Trinajstić information content (AvgIpc) is 2.43. The van der Waals surface area contributed by atoms with E-state index in [4.69, 9.17) is 5.73 Å². The number of aliphatic hydroxyl groups excluding tert-OH is 1. The van der Waals surface area contributed by atoms with Gasteiger partial charge in [0.05, 0.1) is 17.3 Å². The molecule has 0 bridgehead atoms. The number of rotatable bonds is 2. The predicted molar refractivity (Wildman–Crippen MR) is 78.0 cm³/mol. The molecule has 1 aromatic heterocycles. The van der Waals surface area contributed by atoms with Crippen LogP contribution in [0.25, 0.3) is 10.9 Å². The number of benzene rings is 1. The van der Waals surface area contributed by atoms with Gasteiger partial charge in [-0.2, -0.15) is 0 Å². The number of pyridine rings is 1. The minimum atomic E-state index is -0.122. The number of aliphatic hydroxyl groups is 1. The summed E-state index contributed by atoms with van der Waals surface area (Å²) in [5.74, 6) is 0. The monoisotopic (exact) mass is 257 g/mol. The van der Waals surface area contributed by atoms with Crippen molar-refractivity contribution in [2.24, 2.45) is 0 Å². The summed E-state index contributed by atoms with van der Waals surface area (Å²) in [6.45, 7) is 0. The average molecular weight is 257 g/mol. The number of nitrogens with zero attached hydrogens (tertiary/aromatic N) is 1. The van der Waals surface area contributed by atoms with E-state index in [-0.39, 0.29) is 6.10 Å². The van der Waals surface area contributed by atoms with E-state index in [9.17, 15) is 5.11 Å². The van der Waals surface area contributed by atoms with Crippen molar-refractivity contribution in [2.45, 2.75) is 37.8 Å². The van der Waals surface area contributed by atoms with Gasteiger partial charge in [0, 0.05) is 23.3 Å². The molecule has 0 aliphatic heterocycles. The van der Waals surface area contributed by atoms with Crippen LogP contribution in [0.3, 0.4) is 0 Å². The van der Waals surface area contributed by atoms with Crippen LogP contribution in [0.4, 0.5) is 11.4 Å². The summed E-state index contributed by atoms with van der Waals surface area (Å²) in [4.78, 5) is 4.34. The van der Waals surface area contributed by atoms with Gasteiger partial charge in [-0.25, -0.2) is 0 Å². The van der Waals surface area contributed by atoms with Crippen LogP contribution in [-0.2, 0) is 0 Å². The first-order chi connectivity index (χ1) is 9.24. The molecule has 0 atom stereocenters. The van der Waals surface area contributed by atoms with Gasteiger partial charge in [-0.1, -0.05) is 12.1 Å². The van der Waals surface area contributed by atoms with Crippen LogP contribution in [-0.4, -0.2) is 22.2 Å². The van der Waals surface area contributed by atoms with Gasteiger partial charge in [0.2, 0.25) is 0 Å². The van der Waals surface area contributed by atoms with Gasteiger partial charge in [0.15, 0.2) is 0 Å². The number of hydrogen-bond donors (Lipinski definition) is 3. The standard InChI is InChI=1S/C15H19N3O/c16-13-3-1-2-12-14(8-9-17-15(12)13)18-10-4-6-11(19)7-5-10/h1-3,8-11,19H,4-7,16H2,(H,17,18). The Morgan fingerprint density at radius 3 is 2.74 bits per heavy atom. The van der Waals surface area contributed by atoms with Crippen molar-refractivity contribution in [3.63, 3.8) is 0 Å². The van der Waals surface area contributed by atoms with Crippen molar-refractivity contribution in [3.8, 4) is 0 Å². The first kappa shape index (κ1) is 12.2. The van der Waals surface area contributed by atoms with Crippen molar-refractivity contribution >= 4 is 22.3 Å². The summed E-state index contributed by atoms with van der Waals surface area (Å²) < 4.78 is 0. The van der Waals surface area contributed by atoms with E-state index in [1.165, 1.54) is 0 Å². The van der Waals surface area contributed by atoms with Crippen molar-refractivity contribution in [3.05, 3.63) is 30.5 Å². The Morgan fingerprint density at radius 2 is 1.95 bits per heavy atom. The molecule has 1 heterocycles. The lowest BCUT2D eigenvalue weighted by molar-refractivity contribution is 0.126. The Labute approximate surface area is 112 Å². The largest absolute Gasteiger partial charge is 0.397 e. The number of nitrogen functional groups attached to an aromatic ring is 1. The van der Waals surface area contributed by atoms with Gasteiger partial charge < -0.3 is 16.2 Å². The van der Waals surface area contributed by atoms with Gasteiger partial charge >= 0.3 is 0 Å². The molecule has 0 radical (unpaired) electrons. The van der Waals surface area contributed by atoms with Crippen molar-refractivity contribution in [1.82, 2.24) is 4.98 Å². The molecule has 3 rings (SSSR count). The molecule has 0 unspecified atom stereocenters. The third-order valence-corrected chi connectivity index (χ3v) is 3.86. The summed E-state index contributed by atoms with van der Waals surface area (Å²) in [6.07, 6.45) is 5.44. The number of nitrogens with one attached hydrogen (secondary N) is 1. The fourth-order valence-electron chi connectivity index (χ4n) is 2.76. The number of nitrogens with two attached hydrogens (primary N) is 1. The zero-order valence-corrected chi connectivity index (χ0v) is 10.8. The van der Waals surface area contributed by atoms with Crippen molar-refractivity contribution in [2.75, 3.05) is 11.1 Å². The lowest BCUT2D eigenvalue weighted by Crippen LogP contribution is -2.28. The summed E-state index contributed by atoms with van der Waals surface area (Å²) in [5, 5.41) is 14.2. The van der Waals surface area contributed by atoms with E-state index < -0.39 is 0 Å². The van der Waals surface area contributed by atoms with Crippen LogP contribution in [0.2, 0.25) is 0 Å². The Hall–Kier alpha value is -1.81. The molecule has 0 saturated heterocycles. The molecule has 1 aliphatic carbocycles. The molecule has 4 heteroatoms. The van der Waals surface area contributed by atoms with E-state index >= 15 is 0 Å². The van der Waals surface area contributed by atoms with E-state index in [1.54, 1.807) is 6.20 Å². The van der Waals surface area contributed by atoms with Gasteiger partial charge in [-0.3, -0.25) is 4.98 Å². The minimum Gasteiger partial charge on any atom is -0.397 e. The molecule has 1 aromatic carbocycles. The third kappa shape index (κ3) is 2.49. The lowest BCUT2D eigenvalue weighted by Gasteiger charge is -2.27. The molecule has 2 aromatic rings. The number of anilines is 2. The van der Waals surface area contributed by atoms with Gasteiger partial charge in [0.25, 0.3) is 0 Å². The van der Waals surface area contributed by atoms with Crippen LogP contribution in [0.5, 0.6) is 0 Å². The zero-order chi connectivity index (χ0) is 13.2. The molecular formula is C15H19N3O. The highest BCUT2D eigenvalue weighted by molar-refractivity contribution is 5.97. The van der Waals surface area contributed by atoms with E-state index in [1.807, 2.05) is 24.3 Å². The van der Waals surface area contributed by atoms with Crippen LogP contribution in [0.15, 0.2) is 30.5 Å². The number of fused-ring (bicyclic) bond motifs is 1. The Balaban J connectivity index is 1.87. The fourth-order valence-corrected chi connectivity index (χ4v) is 2.76. The minimum absolute atomic E-state index is 0.122. The van der Waals surface area contributed by atoms with Gasteiger partial charge in [0.1, 0.15) is 0 Å². The maximum Gasteiger partial charge on any atom is 0.0951 e.